The molecule has 0 atom stereocenters. The van der Waals surface area contributed by atoms with Crippen LogP contribution in [-0.4, -0.2) is 4.98 Å². The number of fused-ring (bicyclic) bond motifs is 5. The summed E-state index contributed by atoms with van der Waals surface area (Å²) in [5, 5.41) is 4.32. The molecule has 51 heavy (non-hydrogen) atoms. The van der Waals surface area contributed by atoms with Gasteiger partial charge in [-0.2, -0.15) is 0 Å². The third-order valence-electron chi connectivity index (χ3n) is 9.70. The van der Waals surface area contributed by atoms with E-state index in [-0.39, 0.29) is 0 Å². The molecule has 4 nitrogen and oxygen atoms in total. The molecule has 2 heterocycles. The zero-order valence-corrected chi connectivity index (χ0v) is 27.5. The Morgan fingerprint density at radius 1 is 0.392 bits per heavy atom. The summed E-state index contributed by atoms with van der Waals surface area (Å²) in [5.74, 6) is 0.591. The van der Waals surface area contributed by atoms with Crippen LogP contribution in [0.4, 0.5) is 17.1 Å². The van der Waals surface area contributed by atoms with Crippen LogP contribution in [0.5, 0.6) is 0 Å². The standard InChI is InChI=1S/C47H30N2O2/c1-4-13-31(14-5-1)32-23-25-35(26-24-32)49(41-28-27-36(33-15-6-2-7-16-33)37-19-10-11-20-38(37)41)42-21-12-22-43-46(42)39-29-45-40(30-44(39)50-43)48-47(51-45)34-17-8-3-9-18-34/h1-30H. The van der Waals surface area contributed by atoms with Gasteiger partial charge in [0.2, 0.25) is 5.89 Å². The first-order chi connectivity index (χ1) is 25.3. The van der Waals surface area contributed by atoms with Gasteiger partial charge in [-0.15, -0.1) is 0 Å². The van der Waals surface area contributed by atoms with Crippen LogP contribution in [0.15, 0.2) is 191 Å². The summed E-state index contributed by atoms with van der Waals surface area (Å²) in [5.41, 5.74) is 11.8. The van der Waals surface area contributed by atoms with E-state index in [1.54, 1.807) is 0 Å². The van der Waals surface area contributed by atoms with Crippen molar-refractivity contribution in [1.29, 1.82) is 0 Å². The average molecular weight is 655 g/mol. The lowest BCUT2D eigenvalue weighted by Gasteiger charge is -2.28. The number of benzene rings is 8. The van der Waals surface area contributed by atoms with Gasteiger partial charge in [0.25, 0.3) is 0 Å². The van der Waals surface area contributed by atoms with Crippen molar-refractivity contribution in [3.63, 3.8) is 0 Å². The number of aromatic nitrogens is 1. The van der Waals surface area contributed by atoms with Gasteiger partial charge in [0, 0.05) is 28.1 Å². The highest BCUT2D eigenvalue weighted by molar-refractivity contribution is 6.17. The number of hydrogen-bond acceptors (Lipinski definition) is 4. The Bertz CT molecular complexity index is 2840. The fourth-order valence-electron chi connectivity index (χ4n) is 7.31. The van der Waals surface area contributed by atoms with Crippen LogP contribution in [0.3, 0.4) is 0 Å². The lowest BCUT2D eigenvalue weighted by Crippen LogP contribution is -2.11. The van der Waals surface area contributed by atoms with E-state index in [0.717, 1.165) is 66.6 Å². The molecule has 0 fully saturated rings. The third-order valence-corrected chi connectivity index (χ3v) is 9.70. The van der Waals surface area contributed by atoms with Gasteiger partial charge in [0.15, 0.2) is 5.58 Å². The Labute approximate surface area is 294 Å². The smallest absolute Gasteiger partial charge is 0.227 e. The molecule has 0 aliphatic heterocycles. The molecule has 0 saturated carbocycles. The van der Waals surface area contributed by atoms with Gasteiger partial charge < -0.3 is 13.7 Å². The fraction of sp³-hybridized carbons (Fsp3) is 0. The molecule has 8 aromatic carbocycles. The highest BCUT2D eigenvalue weighted by atomic mass is 16.4. The first-order valence-electron chi connectivity index (χ1n) is 17.1. The Hall–Kier alpha value is -6.91. The van der Waals surface area contributed by atoms with Crippen LogP contribution in [-0.2, 0) is 0 Å². The van der Waals surface area contributed by atoms with Gasteiger partial charge in [0.1, 0.15) is 16.7 Å². The molecular weight excluding hydrogens is 625 g/mol. The average Bonchev–Trinajstić information content (AvgIpc) is 3.79. The predicted octanol–water partition coefficient (Wildman–Crippen LogP) is 13.4. The molecule has 0 spiro atoms. The molecule has 0 bridgehead atoms. The summed E-state index contributed by atoms with van der Waals surface area (Å²) in [6.45, 7) is 0. The van der Waals surface area contributed by atoms with Gasteiger partial charge in [-0.3, -0.25) is 0 Å². The second-order valence-corrected chi connectivity index (χ2v) is 12.7. The third kappa shape index (κ3) is 4.96. The van der Waals surface area contributed by atoms with Crippen LogP contribution < -0.4 is 4.90 Å². The molecule has 10 rings (SSSR count). The maximum atomic E-state index is 6.57. The Kier molecular flexibility index (Phi) is 6.78. The minimum Gasteiger partial charge on any atom is -0.456 e. The van der Waals surface area contributed by atoms with E-state index >= 15 is 0 Å². The molecule has 4 heteroatoms. The highest BCUT2D eigenvalue weighted by Gasteiger charge is 2.23. The molecule has 0 aliphatic rings. The van der Waals surface area contributed by atoms with Crippen molar-refractivity contribution in [2.24, 2.45) is 0 Å². The molecule has 2 aromatic heterocycles. The fourth-order valence-corrected chi connectivity index (χ4v) is 7.31. The van der Waals surface area contributed by atoms with Crippen LogP contribution in [0.1, 0.15) is 0 Å². The Morgan fingerprint density at radius 2 is 1.04 bits per heavy atom. The molecule has 0 saturated heterocycles. The summed E-state index contributed by atoms with van der Waals surface area (Å²) in [7, 11) is 0. The largest absolute Gasteiger partial charge is 0.456 e. The molecule has 10 aromatic rings. The number of furan rings is 1. The summed E-state index contributed by atoms with van der Waals surface area (Å²) < 4.78 is 12.9. The first kappa shape index (κ1) is 29.0. The SMILES string of the molecule is c1ccc(-c2ccc(N(c3ccc(-c4ccccc4)c4ccccc34)c3cccc4oc5cc6nc(-c7ccccc7)oc6cc5c34)cc2)cc1. The van der Waals surface area contributed by atoms with E-state index in [2.05, 4.69) is 144 Å². The molecule has 240 valence electrons. The van der Waals surface area contributed by atoms with Gasteiger partial charge in [0.05, 0.1) is 16.8 Å². The lowest BCUT2D eigenvalue weighted by molar-refractivity contribution is 0.620. The Balaban J connectivity index is 1.21. The maximum absolute atomic E-state index is 6.57. The Morgan fingerprint density at radius 3 is 1.78 bits per heavy atom. The highest BCUT2D eigenvalue weighted by Crippen LogP contribution is 2.47. The van der Waals surface area contributed by atoms with Crippen LogP contribution in [0.25, 0.3) is 77.5 Å². The number of hydrogen-bond donors (Lipinski definition) is 0. The first-order valence-corrected chi connectivity index (χ1v) is 17.1. The van der Waals surface area contributed by atoms with Crippen molar-refractivity contribution in [2.75, 3.05) is 4.90 Å². The van der Waals surface area contributed by atoms with E-state index in [1.807, 2.05) is 42.5 Å². The van der Waals surface area contributed by atoms with E-state index in [1.165, 1.54) is 22.1 Å². The van der Waals surface area contributed by atoms with Crippen molar-refractivity contribution >= 4 is 60.9 Å². The minimum absolute atomic E-state index is 0.591. The van der Waals surface area contributed by atoms with E-state index < -0.39 is 0 Å². The monoisotopic (exact) mass is 654 g/mol. The van der Waals surface area contributed by atoms with Crippen molar-refractivity contribution in [2.45, 2.75) is 0 Å². The predicted molar refractivity (Wildman–Crippen MR) is 210 cm³/mol. The summed E-state index contributed by atoms with van der Waals surface area (Å²) in [4.78, 5) is 7.18. The molecule has 0 amide bonds. The topological polar surface area (TPSA) is 42.4 Å². The second kappa shape index (κ2) is 11.9. The van der Waals surface area contributed by atoms with Gasteiger partial charge in [-0.05, 0) is 76.2 Å². The van der Waals surface area contributed by atoms with Gasteiger partial charge >= 0.3 is 0 Å². The van der Waals surface area contributed by atoms with Crippen molar-refractivity contribution in [1.82, 2.24) is 4.98 Å². The maximum Gasteiger partial charge on any atom is 0.227 e. The zero-order valence-electron chi connectivity index (χ0n) is 27.5. The molecular formula is C47H30N2O2. The van der Waals surface area contributed by atoms with Crippen molar-refractivity contribution in [3.8, 4) is 33.7 Å². The quantitative estimate of drug-likeness (QED) is 0.179. The molecule has 0 aliphatic carbocycles. The van der Waals surface area contributed by atoms with Crippen molar-refractivity contribution in [3.05, 3.63) is 182 Å². The summed E-state index contributed by atoms with van der Waals surface area (Å²) in [6.07, 6.45) is 0. The number of nitrogens with zero attached hydrogens (tertiary/aromatic N) is 2. The lowest BCUT2D eigenvalue weighted by atomic mass is 9.96. The normalized spacial score (nSPS) is 11.5. The van der Waals surface area contributed by atoms with Crippen LogP contribution in [0.2, 0.25) is 0 Å². The summed E-state index contributed by atoms with van der Waals surface area (Å²) in [6, 6.07) is 63.5. The number of oxazole rings is 1. The molecule has 0 radical (unpaired) electrons. The van der Waals surface area contributed by atoms with Crippen LogP contribution in [0, 0.1) is 0 Å². The number of anilines is 3. The van der Waals surface area contributed by atoms with Gasteiger partial charge in [-0.1, -0.05) is 127 Å². The summed E-state index contributed by atoms with van der Waals surface area (Å²) >= 11 is 0. The van der Waals surface area contributed by atoms with Crippen LogP contribution >= 0.6 is 0 Å². The van der Waals surface area contributed by atoms with E-state index in [9.17, 15) is 0 Å². The minimum atomic E-state index is 0.591. The zero-order chi connectivity index (χ0) is 33.7. The second-order valence-electron chi connectivity index (χ2n) is 12.7. The van der Waals surface area contributed by atoms with E-state index in [4.69, 9.17) is 13.8 Å². The van der Waals surface area contributed by atoms with Crippen molar-refractivity contribution < 1.29 is 8.83 Å². The number of rotatable bonds is 6. The van der Waals surface area contributed by atoms with Gasteiger partial charge in [-0.25, -0.2) is 4.98 Å². The molecule has 0 N–H and O–H groups in total. The molecule has 0 unspecified atom stereocenters. The van der Waals surface area contributed by atoms with E-state index in [0.29, 0.717) is 5.89 Å².